The maximum Gasteiger partial charge on any atom is 0.251 e. The number of nitrogens with one attached hydrogen (secondary N) is 2. The van der Waals surface area contributed by atoms with E-state index in [2.05, 4.69) is 36.5 Å². The largest absolute Gasteiger partial charge is 0.357 e. The van der Waals surface area contributed by atoms with Crippen LogP contribution in [0.25, 0.3) is 0 Å². The first-order valence-corrected chi connectivity index (χ1v) is 7.15. The monoisotopic (exact) mass is 341 g/mol. The summed E-state index contributed by atoms with van der Waals surface area (Å²) >= 11 is 3.35. The number of hydrogen-bond acceptors (Lipinski definition) is 6. The average molecular weight is 342 g/mol. The van der Waals surface area contributed by atoms with Gasteiger partial charge in [0.15, 0.2) is 0 Å². The highest BCUT2D eigenvalue weighted by molar-refractivity contribution is 9.10. The lowest BCUT2D eigenvalue weighted by molar-refractivity contribution is -0.146. The summed E-state index contributed by atoms with van der Waals surface area (Å²) < 4.78 is 0.673. The van der Waals surface area contributed by atoms with Gasteiger partial charge in [0.05, 0.1) is 4.47 Å². The summed E-state index contributed by atoms with van der Waals surface area (Å²) in [5.41, 5.74) is 0. The van der Waals surface area contributed by atoms with E-state index in [4.69, 9.17) is 0 Å². The number of carbonyl (C=O) groups excluding carboxylic acids is 2. The molecule has 1 fully saturated rings. The van der Waals surface area contributed by atoms with Gasteiger partial charge in [-0.05, 0) is 29.3 Å². The number of imide groups is 1. The molecule has 0 aliphatic carbocycles. The van der Waals surface area contributed by atoms with Crippen LogP contribution in [0.2, 0.25) is 0 Å². The predicted molar refractivity (Wildman–Crippen MR) is 78.3 cm³/mol. The molecule has 20 heavy (non-hydrogen) atoms. The second kappa shape index (κ2) is 6.17. The first kappa shape index (κ1) is 14.7. The van der Waals surface area contributed by atoms with Crippen molar-refractivity contribution in [3.05, 3.63) is 10.7 Å². The van der Waals surface area contributed by atoms with Gasteiger partial charge in [-0.2, -0.15) is 4.98 Å². The summed E-state index contributed by atoms with van der Waals surface area (Å²) in [7, 11) is 1.50. The number of rotatable bonds is 4. The van der Waals surface area contributed by atoms with Gasteiger partial charge in [0.1, 0.15) is 11.9 Å². The number of amides is 2. The van der Waals surface area contributed by atoms with E-state index in [-0.39, 0.29) is 11.8 Å². The van der Waals surface area contributed by atoms with Gasteiger partial charge in [0.2, 0.25) is 11.9 Å². The van der Waals surface area contributed by atoms with E-state index in [0.717, 1.165) is 4.90 Å². The molecule has 2 heterocycles. The standard InChI is InChI=1S/C12H16BrN5O2/c1-3-14-12-15-6-7(13)10(17-12)16-8-4-5-9(19)18(2)11(8)20/h6,8H,3-5H2,1-2H3,(H2,14,15,16,17). The summed E-state index contributed by atoms with van der Waals surface area (Å²) in [6.45, 7) is 2.66. The first-order valence-electron chi connectivity index (χ1n) is 6.36. The Kier molecular flexibility index (Phi) is 4.53. The maximum absolute atomic E-state index is 12.0. The average Bonchev–Trinajstić information content (AvgIpc) is 2.43. The quantitative estimate of drug-likeness (QED) is 0.801. The fourth-order valence-electron chi connectivity index (χ4n) is 1.93. The lowest BCUT2D eigenvalue weighted by Crippen LogP contribution is -2.48. The zero-order chi connectivity index (χ0) is 14.7. The molecule has 7 nitrogen and oxygen atoms in total. The molecule has 0 spiro atoms. The number of nitrogens with zero attached hydrogens (tertiary/aromatic N) is 3. The third-order valence-electron chi connectivity index (χ3n) is 3.04. The van der Waals surface area contributed by atoms with Crippen LogP contribution in [0.5, 0.6) is 0 Å². The van der Waals surface area contributed by atoms with Crippen molar-refractivity contribution in [1.29, 1.82) is 0 Å². The van der Waals surface area contributed by atoms with E-state index in [1.807, 2.05) is 6.92 Å². The number of hydrogen-bond donors (Lipinski definition) is 2. The number of halogens is 1. The van der Waals surface area contributed by atoms with Crippen molar-refractivity contribution in [2.45, 2.75) is 25.8 Å². The van der Waals surface area contributed by atoms with Gasteiger partial charge in [-0.1, -0.05) is 0 Å². The van der Waals surface area contributed by atoms with Gasteiger partial charge < -0.3 is 10.6 Å². The molecule has 0 aromatic carbocycles. The summed E-state index contributed by atoms with van der Waals surface area (Å²) in [4.78, 5) is 33.0. The molecule has 0 radical (unpaired) electrons. The van der Waals surface area contributed by atoms with Crippen molar-refractivity contribution in [2.75, 3.05) is 24.2 Å². The minimum atomic E-state index is -0.446. The van der Waals surface area contributed by atoms with Gasteiger partial charge in [-0.3, -0.25) is 14.5 Å². The Bertz CT molecular complexity index is 537. The van der Waals surface area contributed by atoms with Crippen molar-refractivity contribution >= 4 is 39.5 Å². The van der Waals surface area contributed by atoms with E-state index in [1.165, 1.54) is 7.05 Å². The third-order valence-corrected chi connectivity index (χ3v) is 3.62. The summed E-state index contributed by atoms with van der Waals surface area (Å²) in [6.07, 6.45) is 2.44. The highest BCUT2D eigenvalue weighted by atomic mass is 79.9. The van der Waals surface area contributed by atoms with E-state index >= 15 is 0 Å². The van der Waals surface area contributed by atoms with E-state index < -0.39 is 6.04 Å². The zero-order valence-electron chi connectivity index (χ0n) is 11.3. The van der Waals surface area contributed by atoms with Gasteiger partial charge in [-0.15, -0.1) is 0 Å². The van der Waals surface area contributed by atoms with Crippen LogP contribution in [0.4, 0.5) is 11.8 Å². The number of likely N-dealkylation sites (tertiary alicyclic amines) is 1. The second-order valence-corrected chi connectivity index (χ2v) is 5.30. The molecule has 1 aliphatic rings. The molecule has 2 N–H and O–H groups in total. The Morgan fingerprint density at radius 2 is 2.25 bits per heavy atom. The molecular formula is C12H16BrN5O2. The van der Waals surface area contributed by atoms with Crippen LogP contribution in [-0.4, -0.2) is 46.3 Å². The fourth-order valence-corrected chi connectivity index (χ4v) is 2.23. The lowest BCUT2D eigenvalue weighted by Gasteiger charge is -2.28. The van der Waals surface area contributed by atoms with Crippen LogP contribution < -0.4 is 10.6 Å². The molecule has 0 bridgehead atoms. The highest BCUT2D eigenvalue weighted by Crippen LogP contribution is 2.23. The smallest absolute Gasteiger partial charge is 0.251 e. The van der Waals surface area contributed by atoms with Crippen LogP contribution in [0.15, 0.2) is 10.7 Å². The van der Waals surface area contributed by atoms with Crippen molar-refractivity contribution < 1.29 is 9.59 Å². The minimum absolute atomic E-state index is 0.150. The predicted octanol–water partition coefficient (Wildman–Crippen LogP) is 1.23. The van der Waals surface area contributed by atoms with Gasteiger partial charge in [0, 0.05) is 26.2 Å². The topological polar surface area (TPSA) is 87.2 Å². The van der Waals surface area contributed by atoms with Crippen LogP contribution in [0.3, 0.4) is 0 Å². The lowest BCUT2D eigenvalue weighted by atomic mass is 10.0. The third kappa shape index (κ3) is 3.06. The maximum atomic E-state index is 12.0. The van der Waals surface area contributed by atoms with Gasteiger partial charge in [0.25, 0.3) is 5.91 Å². The fraction of sp³-hybridized carbons (Fsp3) is 0.500. The molecular weight excluding hydrogens is 326 g/mol. The molecule has 2 amide bonds. The molecule has 0 saturated carbocycles. The van der Waals surface area contributed by atoms with E-state index in [0.29, 0.717) is 35.6 Å². The van der Waals surface area contributed by atoms with Crippen LogP contribution in [0, 0.1) is 0 Å². The Morgan fingerprint density at radius 1 is 1.50 bits per heavy atom. The molecule has 1 saturated heterocycles. The first-order chi connectivity index (χ1) is 9.52. The summed E-state index contributed by atoms with van der Waals surface area (Å²) in [6, 6.07) is -0.446. The van der Waals surface area contributed by atoms with Crippen LogP contribution in [-0.2, 0) is 9.59 Å². The molecule has 1 aromatic heterocycles. The SMILES string of the molecule is CCNc1ncc(Br)c(NC2CCC(=O)N(C)C2=O)n1. The number of anilines is 2. The van der Waals surface area contributed by atoms with Crippen molar-refractivity contribution in [3.8, 4) is 0 Å². The van der Waals surface area contributed by atoms with Crippen molar-refractivity contribution in [3.63, 3.8) is 0 Å². The zero-order valence-corrected chi connectivity index (χ0v) is 12.9. The van der Waals surface area contributed by atoms with Crippen LogP contribution in [0.1, 0.15) is 19.8 Å². The molecule has 8 heteroatoms. The number of piperidine rings is 1. The number of carbonyl (C=O) groups is 2. The summed E-state index contributed by atoms with van der Waals surface area (Å²) in [5, 5.41) is 6.07. The van der Waals surface area contributed by atoms with Crippen molar-refractivity contribution in [1.82, 2.24) is 14.9 Å². The Balaban J connectivity index is 2.15. The Hall–Kier alpha value is -1.70. The second-order valence-electron chi connectivity index (χ2n) is 4.45. The molecule has 2 rings (SSSR count). The van der Waals surface area contributed by atoms with Crippen LogP contribution >= 0.6 is 15.9 Å². The van der Waals surface area contributed by atoms with E-state index in [1.54, 1.807) is 6.20 Å². The minimum Gasteiger partial charge on any atom is -0.357 e. The molecule has 1 aromatic rings. The Morgan fingerprint density at radius 3 is 2.95 bits per heavy atom. The van der Waals surface area contributed by atoms with Gasteiger partial charge >= 0.3 is 0 Å². The summed E-state index contributed by atoms with van der Waals surface area (Å²) in [5.74, 6) is 0.642. The highest BCUT2D eigenvalue weighted by Gasteiger charge is 2.32. The molecule has 108 valence electrons. The van der Waals surface area contributed by atoms with Crippen molar-refractivity contribution in [2.24, 2.45) is 0 Å². The molecule has 1 aliphatic heterocycles. The number of likely N-dealkylation sites (N-methyl/N-ethyl adjacent to an activating group) is 1. The van der Waals surface area contributed by atoms with E-state index in [9.17, 15) is 9.59 Å². The normalized spacial score (nSPS) is 19.1. The Labute approximate surface area is 125 Å². The van der Waals surface area contributed by atoms with Gasteiger partial charge in [-0.25, -0.2) is 4.98 Å². The molecule has 1 unspecified atom stereocenters. The number of aromatic nitrogens is 2. The molecule has 1 atom stereocenters.